The Kier molecular flexibility index (Phi) is 2.49. The van der Waals surface area contributed by atoms with E-state index in [1.54, 1.807) is 6.20 Å². The number of rotatable bonds is 2. The van der Waals surface area contributed by atoms with Gasteiger partial charge in [-0.1, -0.05) is 5.16 Å². The van der Waals surface area contributed by atoms with Crippen molar-refractivity contribution in [3.05, 3.63) is 18.0 Å². The normalized spacial score (nSPS) is 27.4. The molecule has 2 unspecified atom stereocenters. The van der Waals surface area contributed by atoms with Crippen LogP contribution in [0, 0.1) is 5.92 Å². The van der Waals surface area contributed by atoms with Crippen molar-refractivity contribution in [3.8, 4) is 0 Å². The topological polar surface area (TPSA) is 75.4 Å². The fraction of sp³-hybridized carbons (Fsp3) is 0.556. The average Bonchev–Trinajstić information content (AvgIpc) is 2.70. The van der Waals surface area contributed by atoms with Crippen LogP contribution < -0.4 is 5.32 Å². The molecule has 2 atom stereocenters. The molecule has 1 aromatic rings. The molecule has 0 saturated carbocycles. The van der Waals surface area contributed by atoms with Gasteiger partial charge in [0.25, 0.3) is 0 Å². The van der Waals surface area contributed by atoms with Crippen LogP contribution >= 0.6 is 0 Å². The first-order valence-electron chi connectivity index (χ1n) is 4.62. The van der Waals surface area contributed by atoms with E-state index in [4.69, 9.17) is 9.63 Å². The molecular weight excluding hydrogens is 184 g/mol. The maximum atomic E-state index is 11.0. The summed E-state index contributed by atoms with van der Waals surface area (Å²) in [6.07, 6.45) is 3.95. The largest absolute Gasteiger partial charge is 0.481 e. The van der Waals surface area contributed by atoms with Gasteiger partial charge in [-0.3, -0.25) is 4.79 Å². The first-order valence-corrected chi connectivity index (χ1v) is 4.62. The molecule has 1 aliphatic heterocycles. The molecule has 14 heavy (non-hydrogen) atoms. The lowest BCUT2D eigenvalue weighted by molar-refractivity contribution is -0.142. The van der Waals surface area contributed by atoms with Crippen molar-refractivity contribution in [2.24, 2.45) is 5.92 Å². The minimum Gasteiger partial charge on any atom is -0.481 e. The van der Waals surface area contributed by atoms with Crippen LogP contribution in [0.2, 0.25) is 0 Å². The van der Waals surface area contributed by atoms with Crippen molar-refractivity contribution in [2.75, 3.05) is 13.1 Å². The Morgan fingerprint density at radius 2 is 2.57 bits per heavy atom. The predicted octanol–water partition coefficient (Wildman–Crippen LogP) is 0.452. The maximum Gasteiger partial charge on any atom is 0.308 e. The molecule has 1 fully saturated rings. The van der Waals surface area contributed by atoms with Gasteiger partial charge < -0.3 is 14.9 Å². The molecule has 0 spiro atoms. The molecule has 76 valence electrons. The van der Waals surface area contributed by atoms with Crippen LogP contribution in [0.15, 0.2) is 17.0 Å². The monoisotopic (exact) mass is 196 g/mol. The third kappa shape index (κ3) is 1.63. The zero-order valence-corrected chi connectivity index (χ0v) is 7.64. The Labute approximate surface area is 81.1 Å². The summed E-state index contributed by atoms with van der Waals surface area (Å²) in [6, 6.07) is 0. The minimum absolute atomic E-state index is 0.0278. The van der Waals surface area contributed by atoms with Crippen molar-refractivity contribution < 1.29 is 14.4 Å². The SMILES string of the molecule is O=C(O)C1CNCCC1c1cnoc1. The summed E-state index contributed by atoms with van der Waals surface area (Å²) < 4.78 is 4.73. The number of piperidine rings is 1. The van der Waals surface area contributed by atoms with Crippen LogP contribution in [0.3, 0.4) is 0 Å². The highest BCUT2D eigenvalue weighted by atomic mass is 16.5. The van der Waals surface area contributed by atoms with E-state index in [0.29, 0.717) is 6.54 Å². The number of nitrogens with one attached hydrogen (secondary N) is 1. The summed E-state index contributed by atoms with van der Waals surface area (Å²) in [4.78, 5) is 11.0. The van der Waals surface area contributed by atoms with Gasteiger partial charge in [0.1, 0.15) is 6.26 Å². The molecule has 0 aromatic carbocycles. The number of carbonyl (C=O) groups is 1. The van der Waals surface area contributed by atoms with Gasteiger partial charge in [-0.25, -0.2) is 0 Å². The summed E-state index contributed by atoms with van der Waals surface area (Å²) in [5, 5.41) is 15.7. The lowest BCUT2D eigenvalue weighted by Crippen LogP contribution is -2.39. The molecule has 0 aliphatic carbocycles. The quantitative estimate of drug-likeness (QED) is 0.718. The van der Waals surface area contributed by atoms with Gasteiger partial charge in [0.05, 0.1) is 12.1 Å². The second-order valence-corrected chi connectivity index (χ2v) is 3.50. The lowest BCUT2D eigenvalue weighted by atomic mass is 9.83. The van der Waals surface area contributed by atoms with E-state index in [0.717, 1.165) is 18.5 Å². The molecule has 2 rings (SSSR count). The predicted molar refractivity (Wildman–Crippen MR) is 47.9 cm³/mol. The van der Waals surface area contributed by atoms with E-state index in [2.05, 4.69) is 10.5 Å². The van der Waals surface area contributed by atoms with Crippen molar-refractivity contribution >= 4 is 5.97 Å². The molecule has 2 heterocycles. The molecule has 2 N–H and O–H groups in total. The second-order valence-electron chi connectivity index (χ2n) is 3.50. The van der Waals surface area contributed by atoms with E-state index in [-0.39, 0.29) is 11.8 Å². The smallest absolute Gasteiger partial charge is 0.308 e. The maximum absolute atomic E-state index is 11.0. The zero-order valence-electron chi connectivity index (χ0n) is 7.64. The Morgan fingerprint density at radius 3 is 3.21 bits per heavy atom. The third-order valence-electron chi connectivity index (χ3n) is 2.68. The Morgan fingerprint density at radius 1 is 1.71 bits per heavy atom. The summed E-state index contributed by atoms with van der Waals surface area (Å²) in [5.74, 6) is -1.11. The highest BCUT2D eigenvalue weighted by Crippen LogP contribution is 2.29. The Hall–Kier alpha value is -1.36. The van der Waals surface area contributed by atoms with Gasteiger partial charge in [-0.05, 0) is 13.0 Å². The second kappa shape index (κ2) is 3.79. The number of aliphatic carboxylic acids is 1. The van der Waals surface area contributed by atoms with Gasteiger partial charge in [0.2, 0.25) is 0 Å². The molecule has 5 nitrogen and oxygen atoms in total. The fourth-order valence-corrected chi connectivity index (χ4v) is 1.91. The van der Waals surface area contributed by atoms with Crippen LogP contribution in [0.25, 0.3) is 0 Å². The van der Waals surface area contributed by atoms with Gasteiger partial charge in [-0.15, -0.1) is 0 Å². The molecule has 1 aromatic heterocycles. The number of aromatic nitrogens is 1. The van der Waals surface area contributed by atoms with Crippen LogP contribution in [-0.4, -0.2) is 29.3 Å². The molecule has 0 amide bonds. The molecule has 1 saturated heterocycles. The molecular formula is C9H12N2O3. The van der Waals surface area contributed by atoms with Gasteiger partial charge in [-0.2, -0.15) is 0 Å². The van der Waals surface area contributed by atoms with Crippen molar-refractivity contribution in [1.29, 1.82) is 0 Å². The van der Waals surface area contributed by atoms with Crippen molar-refractivity contribution in [2.45, 2.75) is 12.3 Å². The standard InChI is InChI=1S/C9H12N2O3/c12-9(13)8-4-10-2-1-7(8)6-3-11-14-5-6/h3,5,7-8,10H,1-2,4H2,(H,12,13). The van der Waals surface area contributed by atoms with E-state index < -0.39 is 5.97 Å². The van der Waals surface area contributed by atoms with Crippen LogP contribution in [0.1, 0.15) is 17.9 Å². The molecule has 1 aliphatic rings. The van der Waals surface area contributed by atoms with Crippen LogP contribution in [-0.2, 0) is 4.79 Å². The van der Waals surface area contributed by atoms with E-state index in [1.165, 1.54) is 6.26 Å². The zero-order chi connectivity index (χ0) is 9.97. The number of carboxylic acids is 1. The molecule has 5 heteroatoms. The first kappa shape index (κ1) is 9.21. The highest BCUT2D eigenvalue weighted by molar-refractivity contribution is 5.71. The van der Waals surface area contributed by atoms with E-state index in [9.17, 15) is 4.79 Å². The van der Waals surface area contributed by atoms with Crippen molar-refractivity contribution in [3.63, 3.8) is 0 Å². The summed E-state index contributed by atoms with van der Waals surface area (Å²) in [5.41, 5.74) is 0.888. The first-order chi connectivity index (χ1) is 6.79. The number of carboxylic acid groups (broad SMARTS) is 1. The Balaban J connectivity index is 2.18. The lowest BCUT2D eigenvalue weighted by Gasteiger charge is -2.27. The molecule has 0 radical (unpaired) electrons. The van der Waals surface area contributed by atoms with Gasteiger partial charge >= 0.3 is 5.97 Å². The summed E-state index contributed by atoms with van der Waals surface area (Å²) in [7, 11) is 0. The number of nitrogens with zero attached hydrogens (tertiary/aromatic N) is 1. The Bertz CT molecular complexity index is 310. The third-order valence-corrected chi connectivity index (χ3v) is 2.68. The molecule has 0 bridgehead atoms. The minimum atomic E-state index is -0.761. The number of hydrogen-bond donors (Lipinski definition) is 2. The van der Waals surface area contributed by atoms with Crippen LogP contribution in [0.5, 0.6) is 0 Å². The van der Waals surface area contributed by atoms with Gasteiger partial charge in [0, 0.05) is 18.0 Å². The highest BCUT2D eigenvalue weighted by Gasteiger charge is 2.32. The summed E-state index contributed by atoms with van der Waals surface area (Å²) in [6.45, 7) is 1.37. The fourth-order valence-electron chi connectivity index (χ4n) is 1.91. The van der Waals surface area contributed by atoms with E-state index in [1.807, 2.05) is 0 Å². The average molecular weight is 196 g/mol. The van der Waals surface area contributed by atoms with Crippen molar-refractivity contribution in [1.82, 2.24) is 10.5 Å². The van der Waals surface area contributed by atoms with E-state index >= 15 is 0 Å². The van der Waals surface area contributed by atoms with Gasteiger partial charge in [0.15, 0.2) is 0 Å². The van der Waals surface area contributed by atoms with Crippen LogP contribution in [0.4, 0.5) is 0 Å². The number of hydrogen-bond acceptors (Lipinski definition) is 4. The summed E-state index contributed by atoms with van der Waals surface area (Å²) >= 11 is 0.